The van der Waals surface area contributed by atoms with Crippen molar-refractivity contribution in [2.24, 2.45) is 0 Å². The Balaban J connectivity index is 0.000000103. The Morgan fingerprint density at radius 2 is 0.378 bits per heavy atom. The van der Waals surface area contributed by atoms with Crippen LogP contribution in [0, 0.1) is 0 Å². The van der Waals surface area contributed by atoms with Crippen molar-refractivity contribution < 1.29 is 13.3 Å². The summed E-state index contributed by atoms with van der Waals surface area (Å²) in [5.41, 5.74) is 25.2. The summed E-state index contributed by atoms with van der Waals surface area (Å²) in [6.45, 7) is 0. The van der Waals surface area contributed by atoms with Crippen LogP contribution in [0.1, 0.15) is 0 Å². The summed E-state index contributed by atoms with van der Waals surface area (Å²) >= 11 is 0. The second-order valence-corrected chi connectivity index (χ2v) is 35.8. The van der Waals surface area contributed by atoms with Gasteiger partial charge in [-0.15, -0.1) is 0 Å². The number of hydrogen-bond acceptors (Lipinski definition) is 3. The summed E-state index contributed by atoms with van der Waals surface area (Å²) in [6, 6.07) is 176. The monoisotopic (exact) mass is 1710 g/mol. The van der Waals surface area contributed by atoms with Gasteiger partial charge in [0.25, 0.3) is 0 Å². The average molecular weight is 1710 g/mol. The fourth-order valence-corrected chi connectivity index (χ4v) is 22.0. The van der Waals surface area contributed by atoms with Crippen molar-refractivity contribution in [2.75, 3.05) is 0 Å². The first-order valence-corrected chi connectivity index (χ1v) is 46.5. The smallest absolute Gasteiger partial charge is 0.143 e. The topological polar surface area (TPSA) is 39.4 Å². The number of rotatable bonds is 8. The molecule has 0 aliphatic carbocycles. The quantitative estimate of drug-likeness (QED) is 0.142. The van der Waals surface area contributed by atoms with Gasteiger partial charge in [-0.1, -0.05) is 406 Å². The maximum absolute atomic E-state index is 6.59. The molecule has 0 bridgehead atoms. The van der Waals surface area contributed by atoms with Crippen LogP contribution in [0.15, 0.2) is 499 Å². The van der Waals surface area contributed by atoms with Gasteiger partial charge >= 0.3 is 0 Å². The lowest BCUT2D eigenvalue weighted by molar-refractivity contribution is 0.669. The molecule has 0 spiro atoms. The lowest BCUT2D eigenvalue weighted by atomic mass is 9.84. The van der Waals surface area contributed by atoms with Crippen LogP contribution in [0.4, 0.5) is 0 Å². The molecule has 135 heavy (non-hydrogen) atoms. The maximum atomic E-state index is 6.59. The van der Waals surface area contributed by atoms with Crippen molar-refractivity contribution in [1.82, 2.24) is 0 Å². The minimum Gasteiger partial charge on any atom is -0.456 e. The summed E-state index contributed by atoms with van der Waals surface area (Å²) in [6.07, 6.45) is 0. The molecule has 0 saturated carbocycles. The minimum atomic E-state index is 0.911. The van der Waals surface area contributed by atoms with Gasteiger partial charge in [0.05, 0.1) is 0 Å². The Hall–Kier alpha value is -17.8. The second-order valence-electron chi connectivity index (χ2n) is 35.8. The Morgan fingerprint density at radius 1 is 0.104 bits per heavy atom. The third-order valence-corrected chi connectivity index (χ3v) is 28.3. The molecular weight excluding hydrogens is 1630 g/mol. The van der Waals surface area contributed by atoms with E-state index in [0.29, 0.717) is 0 Å². The van der Waals surface area contributed by atoms with Gasteiger partial charge in [-0.2, -0.15) is 0 Å². The molecular formula is C132H80O3. The lowest BCUT2D eigenvalue weighted by Crippen LogP contribution is -1.91. The minimum absolute atomic E-state index is 0.911. The first kappa shape index (κ1) is 77.2. The molecule has 0 amide bonds. The first-order chi connectivity index (χ1) is 66.9. The van der Waals surface area contributed by atoms with Crippen LogP contribution in [0.25, 0.3) is 284 Å². The van der Waals surface area contributed by atoms with E-state index in [2.05, 4.69) is 485 Å². The Labute approximate surface area is 777 Å². The molecule has 0 radical (unpaired) electrons. The summed E-state index contributed by atoms with van der Waals surface area (Å²) < 4.78 is 19.4. The third kappa shape index (κ3) is 12.9. The molecule has 0 aliphatic rings. The molecule has 0 unspecified atom stereocenters. The zero-order valence-electron chi connectivity index (χ0n) is 73.4. The molecule has 3 heterocycles. The molecule has 3 nitrogen and oxygen atoms in total. The number of benzene rings is 26. The lowest BCUT2D eigenvalue weighted by Gasteiger charge is -2.19. The van der Waals surface area contributed by atoms with Gasteiger partial charge in [0, 0.05) is 43.1 Å². The van der Waals surface area contributed by atoms with E-state index in [-0.39, 0.29) is 0 Å². The highest BCUT2D eigenvalue weighted by atomic mass is 16.3. The maximum Gasteiger partial charge on any atom is 0.143 e. The molecule has 26 aromatic carbocycles. The van der Waals surface area contributed by atoms with Gasteiger partial charge in [0.2, 0.25) is 0 Å². The summed E-state index contributed by atoms with van der Waals surface area (Å²) in [5, 5.41) is 36.7. The summed E-state index contributed by atoms with van der Waals surface area (Å²) in [7, 11) is 0. The molecule has 3 aromatic heterocycles. The van der Waals surface area contributed by atoms with Gasteiger partial charge in [0.15, 0.2) is 0 Å². The van der Waals surface area contributed by atoms with E-state index >= 15 is 0 Å². The van der Waals surface area contributed by atoms with Gasteiger partial charge in [-0.25, -0.2) is 0 Å². The molecule has 3 heteroatoms. The highest BCUT2D eigenvalue weighted by molar-refractivity contribution is 6.27. The van der Waals surface area contributed by atoms with Crippen LogP contribution in [0.5, 0.6) is 0 Å². The summed E-state index contributed by atoms with van der Waals surface area (Å²) in [4.78, 5) is 0. The second kappa shape index (κ2) is 31.5. The van der Waals surface area contributed by atoms with Crippen molar-refractivity contribution in [3.63, 3.8) is 0 Å². The molecule has 0 atom stereocenters. The molecule has 0 aliphatic heterocycles. The molecule has 29 aromatic rings. The van der Waals surface area contributed by atoms with E-state index < -0.39 is 0 Å². The number of fused-ring (bicyclic) bond motifs is 23. The third-order valence-electron chi connectivity index (χ3n) is 28.3. The van der Waals surface area contributed by atoms with Crippen molar-refractivity contribution in [3.05, 3.63) is 485 Å². The molecule has 0 fully saturated rings. The molecule has 0 N–H and O–H groups in total. The van der Waals surface area contributed by atoms with Crippen molar-refractivity contribution in [3.8, 4) is 89.0 Å². The van der Waals surface area contributed by atoms with Crippen LogP contribution >= 0.6 is 0 Å². The van der Waals surface area contributed by atoms with Crippen molar-refractivity contribution >= 4 is 195 Å². The Bertz CT molecular complexity index is 9800. The fourth-order valence-electron chi connectivity index (χ4n) is 22.0. The van der Waals surface area contributed by atoms with Gasteiger partial charge in [-0.3, -0.25) is 0 Å². The number of furan rings is 3. The van der Waals surface area contributed by atoms with Crippen LogP contribution in [0.2, 0.25) is 0 Å². The normalized spacial score (nSPS) is 11.9. The van der Waals surface area contributed by atoms with E-state index in [1.807, 2.05) is 0 Å². The van der Waals surface area contributed by atoms with Crippen LogP contribution in [0.3, 0.4) is 0 Å². The highest BCUT2D eigenvalue weighted by Crippen LogP contribution is 2.51. The molecule has 29 rings (SSSR count). The average Bonchev–Trinajstić information content (AvgIpc) is 1.10. The largest absolute Gasteiger partial charge is 0.456 e. The summed E-state index contributed by atoms with van der Waals surface area (Å²) in [5.74, 6) is 0. The van der Waals surface area contributed by atoms with Crippen molar-refractivity contribution in [2.45, 2.75) is 0 Å². The van der Waals surface area contributed by atoms with Gasteiger partial charge < -0.3 is 13.3 Å². The van der Waals surface area contributed by atoms with E-state index in [1.54, 1.807) is 0 Å². The molecule has 626 valence electrons. The van der Waals surface area contributed by atoms with E-state index in [1.165, 1.54) is 202 Å². The standard InChI is InChI=1S/2C46H28O.C40H24O/c1-3-13-34-30(10-1)12-9-19-36(34)45-39-17-7-5-15-37(39)44(38-16-6-8-18-40(38)45)32-22-20-29(21-23-32)33-25-27-43-42(28-33)41-26-24-31-11-2-4-14-35(31)46(41)47-43;1-2-11-30-24-36(21-20-29(30)10-1)46-40-18-7-5-16-38(40)45(39-17-6-8-19-41(39)46)35-15-9-14-31(25-35)34-22-23-37-42-26-32-12-3-4-13-33(32)27-44(42)47-43(37)28-34;1-2-11-27-23-28(18-17-25(27)9-1)38-32-13-5-7-15-34(32)39(35-16-8-6-14-33(35)38)29-20-21-31-36-22-19-26-10-3-4-12-30(26)40(36)41-37(31)24-29/h2*1-28H;1-24H. The first-order valence-electron chi connectivity index (χ1n) is 46.5. The van der Waals surface area contributed by atoms with Crippen LogP contribution < -0.4 is 0 Å². The van der Waals surface area contributed by atoms with E-state index in [4.69, 9.17) is 13.3 Å². The number of hydrogen-bond donors (Lipinski definition) is 0. The van der Waals surface area contributed by atoms with E-state index in [0.717, 1.165) is 82.2 Å². The van der Waals surface area contributed by atoms with Gasteiger partial charge in [0.1, 0.15) is 33.5 Å². The van der Waals surface area contributed by atoms with Gasteiger partial charge in [-0.05, 0) is 286 Å². The predicted molar refractivity (Wildman–Crippen MR) is 575 cm³/mol. The van der Waals surface area contributed by atoms with Crippen molar-refractivity contribution in [1.29, 1.82) is 0 Å². The predicted octanol–water partition coefficient (Wildman–Crippen LogP) is 37.9. The van der Waals surface area contributed by atoms with Crippen LogP contribution in [-0.4, -0.2) is 0 Å². The highest BCUT2D eigenvalue weighted by Gasteiger charge is 2.25. The van der Waals surface area contributed by atoms with Crippen LogP contribution in [-0.2, 0) is 0 Å². The zero-order chi connectivity index (χ0) is 88.7. The Morgan fingerprint density at radius 3 is 0.881 bits per heavy atom. The zero-order valence-corrected chi connectivity index (χ0v) is 73.4. The SMILES string of the molecule is c1cc(-c2ccc3c(c2)oc2cc4ccccc4cc23)cc(-c2c3ccccc3c(-c3ccc4ccccc4c3)c3ccccc23)c1.c1ccc2c(-c3c4ccccc4c(-c4ccc(-c5ccc6oc7c8ccccc8ccc7c6c5)cc4)c4ccccc34)cccc2c1.c1ccc2cc(-c3c4ccccc4c(-c4ccc5c(c4)oc4c6ccccc6ccc54)c4ccccc34)ccc2c1. The Kier molecular flexibility index (Phi) is 18.0. The van der Waals surface area contributed by atoms with E-state index in [9.17, 15) is 0 Å². The molecule has 0 saturated heterocycles. The fraction of sp³-hybridized carbons (Fsp3) is 0.